The SMILES string of the molecule is C#C/C=C(\C)NC(=O)N1CCC(c2ncnc3cc(OCCN4CCCC4=O)c(F)cc23)CC1.C=CCN1CCCC1. The quantitative estimate of drug-likeness (QED) is 0.369. The maximum Gasteiger partial charge on any atom is 0.321 e. The van der Waals surface area contributed by atoms with E-state index in [2.05, 4.69) is 32.7 Å². The molecule has 224 valence electrons. The van der Waals surface area contributed by atoms with Gasteiger partial charge in [0.05, 0.1) is 17.8 Å². The number of carbonyl (C=O) groups is 2. The second-order valence-electron chi connectivity index (χ2n) is 10.9. The summed E-state index contributed by atoms with van der Waals surface area (Å²) < 4.78 is 20.5. The summed E-state index contributed by atoms with van der Waals surface area (Å²) in [5.41, 5.74) is 2.01. The van der Waals surface area contributed by atoms with E-state index in [0.29, 0.717) is 55.5 Å². The van der Waals surface area contributed by atoms with Crippen molar-refractivity contribution in [1.82, 2.24) is 30.0 Å². The number of hydrogen-bond acceptors (Lipinski definition) is 6. The summed E-state index contributed by atoms with van der Waals surface area (Å²) in [5.74, 6) is 2.23. The molecule has 2 aromatic rings. The summed E-state index contributed by atoms with van der Waals surface area (Å²) in [6, 6.07) is 2.83. The van der Waals surface area contributed by atoms with Crippen molar-refractivity contribution in [3.8, 4) is 18.1 Å². The van der Waals surface area contributed by atoms with E-state index in [1.54, 1.807) is 22.8 Å². The molecule has 4 heterocycles. The van der Waals surface area contributed by atoms with Crippen molar-refractivity contribution < 1.29 is 18.7 Å². The van der Waals surface area contributed by atoms with Crippen LogP contribution < -0.4 is 10.1 Å². The standard InChI is InChI=1S/C25H28FN5O3.C7H13N/c1-3-5-17(2)29-25(33)31-10-7-18(8-11-31)24-19-14-20(26)22(15-21(19)27-16-28-24)34-13-12-30-9-4-6-23(30)32;1-2-5-8-6-3-4-7-8/h1,5,14-16,18H,4,6-13H2,2H3,(H,29,33);2H,1,3-7H2/b17-5+;. The Bertz CT molecular complexity index is 1330. The third kappa shape index (κ3) is 8.29. The van der Waals surface area contributed by atoms with Crippen LogP contribution in [0, 0.1) is 18.2 Å². The second kappa shape index (κ2) is 15.3. The number of urea groups is 1. The molecular weight excluding hydrogens is 535 g/mol. The van der Waals surface area contributed by atoms with E-state index < -0.39 is 5.82 Å². The number of benzene rings is 1. The van der Waals surface area contributed by atoms with Crippen LogP contribution >= 0.6 is 0 Å². The van der Waals surface area contributed by atoms with Crippen LogP contribution in [0.15, 0.2) is 42.9 Å². The van der Waals surface area contributed by atoms with Crippen molar-refractivity contribution in [2.24, 2.45) is 0 Å². The average Bonchev–Trinajstić information content (AvgIpc) is 3.65. The van der Waals surface area contributed by atoms with Gasteiger partial charge in [-0.2, -0.15) is 0 Å². The predicted octanol–water partition coefficient (Wildman–Crippen LogP) is 4.46. The van der Waals surface area contributed by atoms with Crippen LogP contribution in [-0.4, -0.2) is 89.0 Å². The molecule has 0 bridgehead atoms. The first-order valence-electron chi connectivity index (χ1n) is 14.8. The van der Waals surface area contributed by atoms with E-state index in [1.807, 2.05) is 6.08 Å². The molecule has 10 heteroatoms. The molecule has 3 aliphatic rings. The Morgan fingerprint density at radius 1 is 1.19 bits per heavy atom. The summed E-state index contributed by atoms with van der Waals surface area (Å²) in [6.45, 7) is 11.6. The lowest BCUT2D eigenvalue weighted by molar-refractivity contribution is -0.128. The summed E-state index contributed by atoms with van der Waals surface area (Å²) in [4.78, 5) is 38.8. The predicted molar refractivity (Wildman–Crippen MR) is 161 cm³/mol. The molecule has 3 fully saturated rings. The number of allylic oxidation sites excluding steroid dienone is 2. The summed E-state index contributed by atoms with van der Waals surface area (Å²) in [6.07, 6.45) is 15.8. The number of fused-ring (bicyclic) bond motifs is 1. The van der Waals surface area contributed by atoms with Gasteiger partial charge < -0.3 is 19.9 Å². The molecule has 0 spiro atoms. The van der Waals surface area contributed by atoms with Gasteiger partial charge in [-0.25, -0.2) is 19.2 Å². The minimum atomic E-state index is -0.483. The second-order valence-corrected chi connectivity index (χ2v) is 10.9. The van der Waals surface area contributed by atoms with Crippen molar-refractivity contribution in [3.63, 3.8) is 0 Å². The summed E-state index contributed by atoms with van der Waals surface area (Å²) in [7, 11) is 0. The van der Waals surface area contributed by atoms with Gasteiger partial charge in [-0.05, 0) is 58.2 Å². The Hall–Kier alpha value is -3.97. The fourth-order valence-electron chi connectivity index (χ4n) is 5.63. The molecular formula is C32H41FN6O3. The molecule has 0 aliphatic carbocycles. The van der Waals surface area contributed by atoms with E-state index in [0.717, 1.165) is 25.2 Å². The highest BCUT2D eigenvalue weighted by atomic mass is 19.1. The van der Waals surface area contributed by atoms with E-state index in [1.165, 1.54) is 44.4 Å². The van der Waals surface area contributed by atoms with Crippen molar-refractivity contribution in [3.05, 3.63) is 54.4 Å². The number of ether oxygens (including phenoxy) is 1. The molecule has 42 heavy (non-hydrogen) atoms. The Morgan fingerprint density at radius 2 is 1.95 bits per heavy atom. The van der Waals surface area contributed by atoms with Crippen LogP contribution in [0.2, 0.25) is 0 Å². The Labute approximate surface area is 247 Å². The first kappa shape index (κ1) is 31.0. The van der Waals surface area contributed by atoms with Gasteiger partial charge in [-0.1, -0.05) is 12.0 Å². The molecule has 1 N–H and O–H groups in total. The number of nitrogens with zero attached hydrogens (tertiary/aromatic N) is 5. The van der Waals surface area contributed by atoms with Crippen LogP contribution in [0.25, 0.3) is 10.9 Å². The van der Waals surface area contributed by atoms with E-state index in [-0.39, 0.29) is 30.2 Å². The number of piperidine rings is 1. The van der Waals surface area contributed by atoms with Crippen molar-refractivity contribution in [1.29, 1.82) is 0 Å². The molecule has 1 aromatic heterocycles. The van der Waals surface area contributed by atoms with Gasteiger partial charge in [0.2, 0.25) is 5.91 Å². The molecule has 1 aromatic carbocycles. The van der Waals surface area contributed by atoms with E-state index >= 15 is 0 Å². The lowest BCUT2D eigenvalue weighted by Gasteiger charge is -2.32. The van der Waals surface area contributed by atoms with Crippen molar-refractivity contribution >= 4 is 22.8 Å². The highest BCUT2D eigenvalue weighted by molar-refractivity contribution is 5.83. The van der Waals surface area contributed by atoms with Gasteiger partial charge in [0, 0.05) is 61.7 Å². The third-order valence-corrected chi connectivity index (χ3v) is 7.87. The Kier molecular flexibility index (Phi) is 11.3. The van der Waals surface area contributed by atoms with Crippen LogP contribution in [0.1, 0.15) is 57.1 Å². The van der Waals surface area contributed by atoms with Gasteiger partial charge in [0.25, 0.3) is 0 Å². The molecule has 9 nitrogen and oxygen atoms in total. The van der Waals surface area contributed by atoms with Crippen LogP contribution in [0.4, 0.5) is 9.18 Å². The molecule has 0 radical (unpaired) electrons. The number of aromatic nitrogens is 2. The number of carbonyl (C=O) groups excluding carboxylic acids is 2. The molecule has 5 rings (SSSR count). The first-order valence-corrected chi connectivity index (χ1v) is 14.8. The number of amides is 3. The molecule has 0 atom stereocenters. The maximum atomic E-state index is 14.9. The lowest BCUT2D eigenvalue weighted by Crippen LogP contribution is -2.43. The average molecular weight is 577 g/mol. The van der Waals surface area contributed by atoms with Crippen LogP contribution in [-0.2, 0) is 4.79 Å². The number of terminal acetylenes is 1. The lowest BCUT2D eigenvalue weighted by atomic mass is 9.91. The molecule has 3 saturated heterocycles. The zero-order valence-corrected chi connectivity index (χ0v) is 24.5. The normalized spacial score (nSPS) is 18.0. The number of halogens is 1. The largest absolute Gasteiger partial charge is 0.489 e. The van der Waals surface area contributed by atoms with Gasteiger partial charge in [0.1, 0.15) is 12.9 Å². The molecule has 0 unspecified atom stereocenters. The fourth-order valence-corrected chi connectivity index (χ4v) is 5.63. The Balaban J connectivity index is 0.000000437. The van der Waals surface area contributed by atoms with Gasteiger partial charge in [-0.15, -0.1) is 13.0 Å². The zero-order chi connectivity index (χ0) is 29.9. The maximum absolute atomic E-state index is 14.9. The molecule has 3 amide bonds. The minimum Gasteiger partial charge on any atom is -0.489 e. The van der Waals surface area contributed by atoms with Crippen LogP contribution in [0.3, 0.4) is 0 Å². The Morgan fingerprint density at radius 3 is 2.62 bits per heavy atom. The van der Waals surface area contributed by atoms with Crippen molar-refractivity contribution in [2.75, 3.05) is 52.4 Å². The molecule has 3 aliphatic heterocycles. The van der Waals surface area contributed by atoms with Crippen LogP contribution in [0.5, 0.6) is 5.75 Å². The number of nitrogens with one attached hydrogen (secondary N) is 1. The monoisotopic (exact) mass is 576 g/mol. The zero-order valence-electron chi connectivity index (χ0n) is 24.5. The number of likely N-dealkylation sites (tertiary alicyclic amines) is 3. The summed E-state index contributed by atoms with van der Waals surface area (Å²) in [5, 5.41) is 3.43. The smallest absolute Gasteiger partial charge is 0.321 e. The number of rotatable bonds is 8. The first-order chi connectivity index (χ1) is 20.4. The highest BCUT2D eigenvalue weighted by Gasteiger charge is 2.27. The topological polar surface area (TPSA) is 90.9 Å². The fraction of sp³-hybridized carbons (Fsp3) is 0.500. The highest BCUT2D eigenvalue weighted by Crippen LogP contribution is 2.33. The van der Waals surface area contributed by atoms with Gasteiger partial charge >= 0.3 is 6.03 Å². The summed E-state index contributed by atoms with van der Waals surface area (Å²) >= 11 is 0. The number of hydrogen-bond donors (Lipinski definition) is 1. The van der Waals surface area contributed by atoms with E-state index in [4.69, 9.17) is 11.2 Å². The minimum absolute atomic E-state index is 0.0873. The van der Waals surface area contributed by atoms with E-state index in [9.17, 15) is 14.0 Å². The molecule has 0 saturated carbocycles. The van der Waals surface area contributed by atoms with Crippen molar-refractivity contribution in [2.45, 2.75) is 51.4 Å². The third-order valence-electron chi connectivity index (χ3n) is 7.87. The van der Waals surface area contributed by atoms with Gasteiger partial charge in [0.15, 0.2) is 11.6 Å². The van der Waals surface area contributed by atoms with Gasteiger partial charge in [-0.3, -0.25) is 9.69 Å².